The second-order valence-corrected chi connectivity index (χ2v) is 3.67. The van der Waals surface area contributed by atoms with Crippen molar-refractivity contribution >= 4 is 11.6 Å². The van der Waals surface area contributed by atoms with Crippen molar-refractivity contribution in [2.75, 3.05) is 19.0 Å². The summed E-state index contributed by atoms with van der Waals surface area (Å²) in [6.07, 6.45) is 0.682. The topological polar surface area (TPSA) is 64.3 Å². The molecule has 16 heavy (non-hydrogen) atoms. The van der Waals surface area contributed by atoms with Crippen molar-refractivity contribution in [1.29, 1.82) is 0 Å². The smallest absolute Gasteiger partial charge is 0.227 e. The van der Waals surface area contributed by atoms with Gasteiger partial charge in [0.05, 0.1) is 12.8 Å². The van der Waals surface area contributed by atoms with Gasteiger partial charge in [-0.1, -0.05) is 19.1 Å². The second kappa shape index (κ2) is 6.12. The Bertz CT molecular complexity index is 353. The summed E-state index contributed by atoms with van der Waals surface area (Å²) in [5.41, 5.74) is 6.11. The van der Waals surface area contributed by atoms with Gasteiger partial charge in [-0.3, -0.25) is 4.79 Å². The molecule has 1 unspecified atom stereocenters. The van der Waals surface area contributed by atoms with E-state index >= 15 is 0 Å². The van der Waals surface area contributed by atoms with E-state index in [0.717, 1.165) is 0 Å². The Morgan fingerprint density at radius 2 is 2.19 bits per heavy atom. The van der Waals surface area contributed by atoms with Gasteiger partial charge >= 0.3 is 0 Å². The Balaban J connectivity index is 2.69. The number of hydrogen-bond donors (Lipinski definition) is 2. The van der Waals surface area contributed by atoms with Crippen molar-refractivity contribution in [1.82, 2.24) is 0 Å². The lowest BCUT2D eigenvalue weighted by Gasteiger charge is -2.13. The average Bonchev–Trinajstić information content (AvgIpc) is 2.30. The SMILES string of the molecule is COc1ccccc1NC(=O)C(C)CCN. The summed E-state index contributed by atoms with van der Waals surface area (Å²) < 4.78 is 5.15. The molecule has 3 N–H and O–H groups in total. The van der Waals surface area contributed by atoms with Gasteiger partial charge in [0.2, 0.25) is 5.91 Å². The number of rotatable bonds is 5. The highest BCUT2D eigenvalue weighted by Crippen LogP contribution is 2.23. The van der Waals surface area contributed by atoms with E-state index in [-0.39, 0.29) is 11.8 Å². The normalized spacial score (nSPS) is 11.9. The molecule has 4 nitrogen and oxygen atoms in total. The largest absolute Gasteiger partial charge is 0.495 e. The number of methoxy groups -OCH3 is 1. The van der Waals surface area contributed by atoms with Crippen LogP contribution in [0.15, 0.2) is 24.3 Å². The third-order valence-electron chi connectivity index (χ3n) is 2.41. The first-order valence-corrected chi connectivity index (χ1v) is 5.33. The maximum Gasteiger partial charge on any atom is 0.227 e. The van der Waals surface area contributed by atoms with Gasteiger partial charge in [-0.25, -0.2) is 0 Å². The molecule has 0 heterocycles. The van der Waals surface area contributed by atoms with Crippen LogP contribution in [0, 0.1) is 5.92 Å². The molecule has 1 rings (SSSR count). The van der Waals surface area contributed by atoms with Crippen LogP contribution in [-0.2, 0) is 4.79 Å². The van der Waals surface area contributed by atoms with Crippen molar-refractivity contribution in [2.24, 2.45) is 11.7 Å². The molecular weight excluding hydrogens is 204 g/mol. The molecule has 1 amide bonds. The first-order chi connectivity index (χ1) is 7.69. The highest BCUT2D eigenvalue weighted by atomic mass is 16.5. The lowest BCUT2D eigenvalue weighted by atomic mass is 10.1. The molecule has 0 aliphatic carbocycles. The highest BCUT2D eigenvalue weighted by molar-refractivity contribution is 5.93. The number of ether oxygens (including phenoxy) is 1. The Labute approximate surface area is 95.8 Å². The van der Waals surface area contributed by atoms with Gasteiger partial charge in [0, 0.05) is 5.92 Å². The zero-order valence-electron chi connectivity index (χ0n) is 9.69. The molecule has 1 aromatic carbocycles. The van der Waals surface area contributed by atoms with Gasteiger partial charge in [0.15, 0.2) is 0 Å². The molecule has 0 fully saturated rings. The monoisotopic (exact) mass is 222 g/mol. The number of para-hydroxylation sites is 2. The fourth-order valence-corrected chi connectivity index (χ4v) is 1.38. The summed E-state index contributed by atoms with van der Waals surface area (Å²) in [6, 6.07) is 7.33. The summed E-state index contributed by atoms with van der Waals surface area (Å²) in [5, 5.41) is 2.83. The summed E-state index contributed by atoms with van der Waals surface area (Å²) in [5.74, 6) is 0.542. The van der Waals surface area contributed by atoms with E-state index in [1.807, 2.05) is 31.2 Å². The van der Waals surface area contributed by atoms with Crippen molar-refractivity contribution < 1.29 is 9.53 Å². The van der Waals surface area contributed by atoms with Gasteiger partial charge < -0.3 is 15.8 Å². The first kappa shape index (κ1) is 12.5. The van der Waals surface area contributed by atoms with Crippen LogP contribution in [0.25, 0.3) is 0 Å². The van der Waals surface area contributed by atoms with E-state index in [1.165, 1.54) is 0 Å². The summed E-state index contributed by atoms with van der Waals surface area (Å²) in [6.45, 7) is 2.37. The summed E-state index contributed by atoms with van der Waals surface area (Å²) in [7, 11) is 1.58. The Kier molecular flexibility index (Phi) is 4.79. The van der Waals surface area contributed by atoms with Gasteiger partial charge in [-0.2, -0.15) is 0 Å². The number of nitrogens with two attached hydrogens (primary N) is 1. The standard InChI is InChI=1S/C12H18N2O2/c1-9(7-8-13)12(15)14-10-5-3-4-6-11(10)16-2/h3-6,9H,7-8,13H2,1-2H3,(H,14,15). The molecule has 0 aliphatic heterocycles. The molecule has 0 bridgehead atoms. The van der Waals surface area contributed by atoms with E-state index in [0.29, 0.717) is 24.4 Å². The molecule has 88 valence electrons. The van der Waals surface area contributed by atoms with E-state index in [4.69, 9.17) is 10.5 Å². The van der Waals surface area contributed by atoms with Crippen LogP contribution >= 0.6 is 0 Å². The molecule has 1 aromatic rings. The molecule has 0 saturated heterocycles. The maximum absolute atomic E-state index is 11.7. The summed E-state index contributed by atoms with van der Waals surface area (Å²) >= 11 is 0. The third kappa shape index (κ3) is 3.24. The van der Waals surface area contributed by atoms with Crippen LogP contribution in [0.5, 0.6) is 5.75 Å². The number of benzene rings is 1. The first-order valence-electron chi connectivity index (χ1n) is 5.33. The highest BCUT2D eigenvalue weighted by Gasteiger charge is 2.13. The summed E-state index contributed by atoms with van der Waals surface area (Å²) in [4.78, 5) is 11.7. The van der Waals surface area contributed by atoms with Gasteiger partial charge in [-0.05, 0) is 25.1 Å². The molecule has 0 aliphatic rings. The minimum atomic E-state index is -0.0880. The fourth-order valence-electron chi connectivity index (χ4n) is 1.38. The zero-order valence-corrected chi connectivity index (χ0v) is 9.69. The minimum absolute atomic E-state index is 0.0325. The van der Waals surface area contributed by atoms with Gasteiger partial charge in [-0.15, -0.1) is 0 Å². The Hall–Kier alpha value is -1.55. The van der Waals surface area contributed by atoms with Gasteiger partial charge in [0.25, 0.3) is 0 Å². The molecule has 0 radical (unpaired) electrons. The van der Waals surface area contributed by atoms with E-state index in [2.05, 4.69) is 5.32 Å². The van der Waals surface area contributed by atoms with Crippen molar-refractivity contribution in [2.45, 2.75) is 13.3 Å². The van der Waals surface area contributed by atoms with Crippen LogP contribution in [0.2, 0.25) is 0 Å². The average molecular weight is 222 g/mol. The van der Waals surface area contributed by atoms with Crippen LogP contribution in [0.3, 0.4) is 0 Å². The number of anilines is 1. The molecule has 0 spiro atoms. The van der Waals surface area contributed by atoms with Crippen LogP contribution in [0.4, 0.5) is 5.69 Å². The van der Waals surface area contributed by atoms with Gasteiger partial charge in [0.1, 0.15) is 5.75 Å². The Morgan fingerprint density at radius 3 is 2.81 bits per heavy atom. The zero-order chi connectivity index (χ0) is 12.0. The maximum atomic E-state index is 11.7. The second-order valence-electron chi connectivity index (χ2n) is 3.67. The van der Waals surface area contributed by atoms with Crippen LogP contribution in [0.1, 0.15) is 13.3 Å². The predicted molar refractivity (Wildman–Crippen MR) is 64.5 cm³/mol. The van der Waals surface area contributed by atoms with E-state index in [1.54, 1.807) is 7.11 Å². The number of carbonyl (C=O) groups excluding carboxylic acids is 1. The van der Waals surface area contributed by atoms with Crippen molar-refractivity contribution in [3.8, 4) is 5.75 Å². The van der Waals surface area contributed by atoms with Crippen molar-refractivity contribution in [3.63, 3.8) is 0 Å². The molecule has 1 atom stereocenters. The quantitative estimate of drug-likeness (QED) is 0.795. The van der Waals surface area contributed by atoms with Crippen molar-refractivity contribution in [3.05, 3.63) is 24.3 Å². The number of carbonyl (C=O) groups is 1. The molecular formula is C12H18N2O2. The minimum Gasteiger partial charge on any atom is -0.495 e. The molecule has 0 aromatic heterocycles. The molecule has 4 heteroatoms. The molecule has 0 saturated carbocycles. The van der Waals surface area contributed by atoms with E-state index < -0.39 is 0 Å². The number of hydrogen-bond acceptors (Lipinski definition) is 3. The van der Waals surface area contributed by atoms with E-state index in [9.17, 15) is 4.79 Å². The Morgan fingerprint density at radius 1 is 1.50 bits per heavy atom. The lowest BCUT2D eigenvalue weighted by Crippen LogP contribution is -2.22. The number of amides is 1. The third-order valence-corrected chi connectivity index (χ3v) is 2.41. The predicted octanol–water partition coefficient (Wildman–Crippen LogP) is 1.62. The van der Waals surface area contributed by atoms with Crippen LogP contribution < -0.4 is 15.8 Å². The fraction of sp³-hybridized carbons (Fsp3) is 0.417. The van der Waals surface area contributed by atoms with Crippen LogP contribution in [-0.4, -0.2) is 19.6 Å². The number of nitrogens with one attached hydrogen (secondary N) is 1. The lowest BCUT2D eigenvalue weighted by molar-refractivity contribution is -0.119.